The Morgan fingerprint density at radius 3 is 2.60 bits per heavy atom. The molecular weight excluding hydrogens is 341 g/mol. The van der Waals surface area contributed by atoms with Gasteiger partial charge < -0.3 is 13.9 Å². The van der Waals surface area contributed by atoms with Crippen molar-refractivity contribution in [3.63, 3.8) is 0 Å². The van der Waals surface area contributed by atoms with Crippen LogP contribution in [0.5, 0.6) is 0 Å². The first-order valence-corrected chi connectivity index (χ1v) is 8.53. The van der Waals surface area contributed by atoms with Crippen LogP contribution in [0.2, 0.25) is 5.02 Å². The van der Waals surface area contributed by atoms with Gasteiger partial charge >= 0.3 is 7.12 Å². The van der Waals surface area contributed by atoms with Crippen LogP contribution in [-0.2, 0) is 15.9 Å². The number of halogens is 2. The highest BCUT2D eigenvalue weighted by molar-refractivity contribution is 6.54. The van der Waals surface area contributed by atoms with E-state index in [1.165, 1.54) is 6.08 Å². The van der Waals surface area contributed by atoms with E-state index in [2.05, 4.69) is 4.98 Å². The largest absolute Gasteiger partial charge is 0.525 e. The van der Waals surface area contributed by atoms with E-state index in [1.54, 1.807) is 12.5 Å². The Morgan fingerprint density at radius 1 is 1.28 bits per heavy atom. The van der Waals surface area contributed by atoms with Crippen molar-refractivity contribution in [2.45, 2.75) is 45.4 Å². The first-order chi connectivity index (χ1) is 11.7. The standard InChI is InChI=1S/C18H21BClFN2O2/c1-17(2)18(3,4)25-19(24-17)16(21)9-15-11-23(12-22-15)10-13-6-5-7-14(20)8-13/h5-9,11-12H,10H2,1-4H3. The quantitative estimate of drug-likeness (QED) is 0.750. The van der Waals surface area contributed by atoms with Crippen molar-refractivity contribution in [2.24, 2.45) is 0 Å². The topological polar surface area (TPSA) is 36.3 Å². The van der Waals surface area contributed by atoms with Gasteiger partial charge in [0.25, 0.3) is 0 Å². The van der Waals surface area contributed by atoms with Crippen LogP contribution in [0.4, 0.5) is 4.39 Å². The fourth-order valence-electron chi connectivity index (χ4n) is 2.55. The van der Waals surface area contributed by atoms with Crippen molar-refractivity contribution in [3.8, 4) is 0 Å². The molecule has 0 spiro atoms. The Kier molecular flexibility index (Phi) is 4.79. The molecule has 1 aromatic carbocycles. The molecule has 1 aromatic heterocycles. The maximum absolute atomic E-state index is 14.5. The summed E-state index contributed by atoms with van der Waals surface area (Å²) < 4.78 is 27.8. The summed E-state index contributed by atoms with van der Waals surface area (Å²) in [7, 11) is -1.01. The third-order valence-electron chi connectivity index (χ3n) is 4.67. The van der Waals surface area contributed by atoms with Gasteiger partial charge in [0.15, 0.2) is 0 Å². The molecule has 2 aromatic rings. The second kappa shape index (κ2) is 6.59. The maximum atomic E-state index is 14.5. The Balaban J connectivity index is 1.71. The van der Waals surface area contributed by atoms with E-state index in [0.717, 1.165) is 5.56 Å². The van der Waals surface area contributed by atoms with E-state index < -0.39 is 24.0 Å². The molecule has 1 aliphatic heterocycles. The minimum Gasteiger partial charge on any atom is -0.398 e. The van der Waals surface area contributed by atoms with Gasteiger partial charge in [0.05, 0.1) is 23.2 Å². The fraction of sp³-hybridized carbons (Fsp3) is 0.389. The van der Waals surface area contributed by atoms with Crippen molar-refractivity contribution in [1.82, 2.24) is 9.55 Å². The minimum absolute atomic E-state index is 0.494. The zero-order valence-corrected chi connectivity index (χ0v) is 15.5. The van der Waals surface area contributed by atoms with E-state index in [4.69, 9.17) is 20.9 Å². The van der Waals surface area contributed by atoms with Gasteiger partial charge in [0, 0.05) is 17.8 Å². The fourth-order valence-corrected chi connectivity index (χ4v) is 2.76. The number of rotatable bonds is 4. The molecule has 0 aliphatic carbocycles. The van der Waals surface area contributed by atoms with E-state index in [-0.39, 0.29) is 0 Å². The number of imidazole rings is 1. The Bertz CT molecular complexity index is 788. The molecule has 7 heteroatoms. The third-order valence-corrected chi connectivity index (χ3v) is 4.91. The Hall–Kier alpha value is -1.63. The van der Waals surface area contributed by atoms with E-state index in [9.17, 15) is 4.39 Å². The van der Waals surface area contributed by atoms with E-state index >= 15 is 0 Å². The molecule has 0 unspecified atom stereocenters. The van der Waals surface area contributed by atoms with Gasteiger partial charge in [-0.1, -0.05) is 23.7 Å². The van der Waals surface area contributed by atoms with Crippen LogP contribution < -0.4 is 0 Å². The van der Waals surface area contributed by atoms with Crippen molar-refractivity contribution >= 4 is 24.8 Å². The van der Waals surface area contributed by atoms with Gasteiger partial charge in [0.2, 0.25) is 0 Å². The molecule has 1 fully saturated rings. The average Bonchev–Trinajstić information content (AvgIpc) is 3.01. The second-order valence-corrected chi connectivity index (χ2v) is 7.65. The summed E-state index contributed by atoms with van der Waals surface area (Å²) in [5.74, 6) is 0. The smallest absolute Gasteiger partial charge is 0.398 e. The summed E-state index contributed by atoms with van der Waals surface area (Å²) in [5.41, 5.74) is -0.0865. The summed E-state index contributed by atoms with van der Waals surface area (Å²) in [5, 5.41) is 0.685. The minimum atomic E-state index is -1.01. The lowest BCUT2D eigenvalue weighted by molar-refractivity contribution is 0.00578. The predicted octanol–water partition coefficient (Wildman–Crippen LogP) is 4.53. The molecule has 0 amide bonds. The Labute approximate surface area is 152 Å². The lowest BCUT2D eigenvalue weighted by Gasteiger charge is -2.32. The number of hydrogen-bond acceptors (Lipinski definition) is 3. The number of benzene rings is 1. The monoisotopic (exact) mass is 362 g/mol. The normalized spacial score (nSPS) is 19.4. The lowest BCUT2D eigenvalue weighted by Crippen LogP contribution is -2.41. The van der Waals surface area contributed by atoms with Gasteiger partial charge in [-0.3, -0.25) is 0 Å². The number of nitrogens with zero attached hydrogens (tertiary/aromatic N) is 2. The Morgan fingerprint density at radius 2 is 1.96 bits per heavy atom. The van der Waals surface area contributed by atoms with Gasteiger partial charge in [0.1, 0.15) is 5.73 Å². The molecule has 0 radical (unpaired) electrons. The van der Waals surface area contributed by atoms with Crippen LogP contribution in [0.3, 0.4) is 0 Å². The van der Waals surface area contributed by atoms with Crippen molar-refractivity contribution in [2.75, 3.05) is 0 Å². The molecule has 1 aliphatic rings. The highest BCUT2D eigenvalue weighted by Gasteiger charge is 2.53. The molecular formula is C18H21BClFN2O2. The summed E-state index contributed by atoms with van der Waals surface area (Å²) in [4.78, 5) is 4.22. The van der Waals surface area contributed by atoms with Crippen LogP contribution in [-0.4, -0.2) is 27.9 Å². The van der Waals surface area contributed by atoms with Crippen LogP contribution in [0.25, 0.3) is 6.08 Å². The SMILES string of the molecule is CC1(C)OB(C(F)=Cc2cn(Cc3cccc(Cl)c3)cn2)OC1(C)C. The molecule has 3 rings (SSSR count). The van der Waals surface area contributed by atoms with Gasteiger partial charge in [-0.2, -0.15) is 0 Å². The average molecular weight is 363 g/mol. The first kappa shape index (κ1) is 18.2. The van der Waals surface area contributed by atoms with Crippen molar-refractivity contribution in [3.05, 3.63) is 58.8 Å². The summed E-state index contributed by atoms with van der Waals surface area (Å²) in [6.07, 6.45) is 4.77. The van der Waals surface area contributed by atoms with Crippen LogP contribution in [0, 0.1) is 0 Å². The van der Waals surface area contributed by atoms with Gasteiger partial charge in [-0.05, 0) is 51.5 Å². The van der Waals surface area contributed by atoms with Crippen LogP contribution >= 0.6 is 11.6 Å². The van der Waals surface area contributed by atoms with E-state index in [1.807, 2.05) is 56.5 Å². The molecule has 2 heterocycles. The maximum Gasteiger partial charge on any atom is 0.525 e. The molecule has 25 heavy (non-hydrogen) atoms. The molecule has 0 bridgehead atoms. The zero-order chi connectivity index (χ0) is 18.2. The summed E-state index contributed by atoms with van der Waals surface area (Å²) in [6, 6.07) is 7.59. The summed E-state index contributed by atoms with van der Waals surface area (Å²) >= 11 is 5.99. The molecule has 1 saturated heterocycles. The molecule has 132 valence electrons. The third kappa shape index (κ3) is 3.97. The van der Waals surface area contributed by atoms with Crippen LogP contribution in [0.1, 0.15) is 39.0 Å². The first-order valence-electron chi connectivity index (χ1n) is 8.15. The summed E-state index contributed by atoms with van der Waals surface area (Å²) in [6.45, 7) is 8.17. The number of hydrogen-bond donors (Lipinski definition) is 0. The highest BCUT2D eigenvalue weighted by atomic mass is 35.5. The second-order valence-electron chi connectivity index (χ2n) is 7.22. The molecule has 4 nitrogen and oxygen atoms in total. The van der Waals surface area contributed by atoms with Crippen molar-refractivity contribution in [1.29, 1.82) is 0 Å². The number of aromatic nitrogens is 2. The lowest BCUT2D eigenvalue weighted by atomic mass is 9.87. The zero-order valence-electron chi connectivity index (χ0n) is 14.8. The van der Waals surface area contributed by atoms with E-state index in [0.29, 0.717) is 17.3 Å². The van der Waals surface area contributed by atoms with Gasteiger partial charge in [-0.25, -0.2) is 9.37 Å². The highest BCUT2D eigenvalue weighted by Crippen LogP contribution is 2.38. The molecule has 0 atom stereocenters. The molecule has 0 N–H and O–H groups in total. The van der Waals surface area contributed by atoms with Crippen molar-refractivity contribution < 1.29 is 13.7 Å². The van der Waals surface area contributed by atoms with Gasteiger partial charge in [-0.15, -0.1) is 0 Å². The van der Waals surface area contributed by atoms with Crippen LogP contribution in [0.15, 0.2) is 42.5 Å². The predicted molar refractivity (Wildman–Crippen MR) is 97.9 cm³/mol. The molecule has 0 saturated carbocycles.